The molecule has 2 aromatic rings. The normalized spacial score (nSPS) is 11.3. The van der Waals surface area contributed by atoms with Crippen molar-refractivity contribution in [2.75, 3.05) is 19.9 Å². The van der Waals surface area contributed by atoms with Crippen LogP contribution in [0.25, 0.3) is 0 Å². The number of hydrogen-bond acceptors (Lipinski definition) is 5. The van der Waals surface area contributed by atoms with Gasteiger partial charge < -0.3 is 10.5 Å². The average molecular weight is 324 g/mol. The predicted octanol–water partition coefficient (Wildman–Crippen LogP) is 2.34. The van der Waals surface area contributed by atoms with Crippen molar-refractivity contribution < 1.29 is 13.2 Å². The summed E-state index contributed by atoms with van der Waals surface area (Å²) in [6.07, 6.45) is 0. The van der Waals surface area contributed by atoms with E-state index in [-0.39, 0.29) is 10.6 Å². The van der Waals surface area contributed by atoms with E-state index >= 15 is 0 Å². The number of nitrogens with one attached hydrogen (secondary N) is 1. The number of rotatable bonds is 5. The van der Waals surface area contributed by atoms with E-state index in [4.69, 9.17) is 10.5 Å². The highest BCUT2D eigenvalue weighted by Gasteiger charge is 2.15. The third-order valence-corrected chi connectivity index (χ3v) is 5.37. The molecule has 2 rings (SSSR count). The van der Waals surface area contributed by atoms with Crippen LogP contribution in [-0.4, -0.2) is 22.6 Å². The van der Waals surface area contributed by atoms with Crippen molar-refractivity contribution in [2.45, 2.75) is 14.7 Å². The molecule has 0 aliphatic rings. The standard InChI is InChI=1S/C14H16N2O3S2/c1-16-21(17,18)14-8-7-10(9-11(14)15)20-13-6-4-3-5-12(13)19-2/h3-9,16H,15H2,1-2H3. The Balaban J connectivity index is 2.33. The van der Waals surface area contributed by atoms with Crippen LogP contribution in [0.3, 0.4) is 0 Å². The molecule has 0 amide bonds. The number of anilines is 1. The van der Waals surface area contributed by atoms with Gasteiger partial charge in [-0.3, -0.25) is 0 Å². The molecule has 0 aliphatic carbocycles. The number of nitrogens with two attached hydrogens (primary N) is 1. The van der Waals surface area contributed by atoms with E-state index < -0.39 is 10.0 Å². The number of para-hydroxylation sites is 1. The molecule has 0 aromatic heterocycles. The van der Waals surface area contributed by atoms with Crippen molar-refractivity contribution in [3.8, 4) is 5.75 Å². The summed E-state index contributed by atoms with van der Waals surface area (Å²) >= 11 is 1.46. The van der Waals surface area contributed by atoms with E-state index in [9.17, 15) is 8.42 Å². The lowest BCUT2D eigenvalue weighted by Gasteiger charge is -2.10. The number of sulfonamides is 1. The molecule has 2 aromatic carbocycles. The summed E-state index contributed by atoms with van der Waals surface area (Å²) in [6.45, 7) is 0. The summed E-state index contributed by atoms with van der Waals surface area (Å²) in [6, 6.07) is 12.5. The van der Waals surface area contributed by atoms with E-state index in [1.807, 2.05) is 24.3 Å². The van der Waals surface area contributed by atoms with Crippen LogP contribution < -0.4 is 15.2 Å². The van der Waals surface area contributed by atoms with Crippen molar-refractivity contribution >= 4 is 27.5 Å². The Hall–Kier alpha value is -1.70. The fourth-order valence-electron chi connectivity index (χ4n) is 1.77. The van der Waals surface area contributed by atoms with E-state index in [1.165, 1.54) is 24.9 Å². The van der Waals surface area contributed by atoms with E-state index in [0.717, 1.165) is 15.5 Å². The first-order valence-corrected chi connectivity index (χ1v) is 8.42. The summed E-state index contributed by atoms with van der Waals surface area (Å²) in [4.78, 5) is 1.85. The number of hydrogen-bond donors (Lipinski definition) is 2. The molecule has 7 heteroatoms. The number of methoxy groups -OCH3 is 1. The summed E-state index contributed by atoms with van der Waals surface area (Å²) in [5, 5.41) is 0. The Bertz CT molecular complexity index is 746. The summed E-state index contributed by atoms with van der Waals surface area (Å²) in [7, 11) is -0.579. The van der Waals surface area contributed by atoms with Crippen LogP contribution in [-0.2, 0) is 10.0 Å². The third kappa shape index (κ3) is 3.49. The van der Waals surface area contributed by atoms with Gasteiger partial charge in [-0.2, -0.15) is 0 Å². The van der Waals surface area contributed by atoms with Gasteiger partial charge in [0.2, 0.25) is 10.0 Å². The monoisotopic (exact) mass is 324 g/mol. The van der Waals surface area contributed by atoms with Crippen LogP contribution in [0.15, 0.2) is 57.2 Å². The Morgan fingerprint density at radius 2 is 1.90 bits per heavy atom. The van der Waals surface area contributed by atoms with Gasteiger partial charge in [-0.15, -0.1) is 0 Å². The van der Waals surface area contributed by atoms with Crippen LogP contribution in [0.4, 0.5) is 5.69 Å². The molecule has 0 heterocycles. The van der Waals surface area contributed by atoms with Crippen molar-refractivity contribution in [1.29, 1.82) is 0 Å². The van der Waals surface area contributed by atoms with Gasteiger partial charge in [0.05, 0.1) is 17.7 Å². The minimum Gasteiger partial charge on any atom is -0.496 e. The highest BCUT2D eigenvalue weighted by atomic mass is 32.2. The van der Waals surface area contributed by atoms with Crippen molar-refractivity contribution in [3.63, 3.8) is 0 Å². The molecule has 3 N–H and O–H groups in total. The quantitative estimate of drug-likeness (QED) is 0.825. The zero-order chi connectivity index (χ0) is 15.5. The molecule has 0 unspecified atom stereocenters. The maximum Gasteiger partial charge on any atom is 0.242 e. The molecule has 0 atom stereocenters. The predicted molar refractivity (Wildman–Crippen MR) is 84.2 cm³/mol. The maximum absolute atomic E-state index is 11.8. The molecule has 0 aliphatic heterocycles. The van der Waals surface area contributed by atoms with E-state index in [1.54, 1.807) is 19.2 Å². The molecule has 0 spiro atoms. The fourth-order valence-corrected chi connectivity index (χ4v) is 3.59. The molecule has 0 saturated heterocycles. The lowest BCUT2D eigenvalue weighted by Crippen LogP contribution is -2.19. The molecule has 0 fully saturated rings. The Morgan fingerprint density at radius 3 is 2.52 bits per heavy atom. The van der Waals surface area contributed by atoms with Crippen molar-refractivity contribution in [1.82, 2.24) is 4.72 Å². The summed E-state index contributed by atoms with van der Waals surface area (Å²) in [5.41, 5.74) is 6.06. The second kappa shape index (κ2) is 6.38. The molecule has 21 heavy (non-hydrogen) atoms. The van der Waals surface area contributed by atoms with E-state index in [2.05, 4.69) is 4.72 Å². The van der Waals surface area contributed by atoms with Gasteiger partial charge in [0, 0.05) is 4.90 Å². The van der Waals surface area contributed by atoms with Gasteiger partial charge in [0.15, 0.2) is 0 Å². The third-order valence-electron chi connectivity index (χ3n) is 2.84. The minimum atomic E-state index is -3.54. The van der Waals surface area contributed by atoms with Gasteiger partial charge in [0.1, 0.15) is 10.6 Å². The summed E-state index contributed by atoms with van der Waals surface area (Å²) in [5.74, 6) is 0.757. The van der Waals surface area contributed by atoms with Crippen LogP contribution in [0, 0.1) is 0 Å². The van der Waals surface area contributed by atoms with E-state index in [0.29, 0.717) is 0 Å². The minimum absolute atomic E-state index is 0.0781. The molecular weight excluding hydrogens is 308 g/mol. The van der Waals surface area contributed by atoms with Crippen molar-refractivity contribution in [3.05, 3.63) is 42.5 Å². The SMILES string of the molecule is CNS(=O)(=O)c1ccc(Sc2ccccc2OC)cc1N. The Labute approximate surface area is 128 Å². The van der Waals surface area contributed by atoms with Gasteiger partial charge in [0.25, 0.3) is 0 Å². The highest BCUT2D eigenvalue weighted by Crippen LogP contribution is 2.36. The number of nitrogen functional groups attached to an aromatic ring is 1. The van der Waals surface area contributed by atoms with Crippen LogP contribution in [0.2, 0.25) is 0 Å². The molecule has 0 saturated carbocycles. The zero-order valence-electron chi connectivity index (χ0n) is 11.7. The Kier molecular flexibility index (Phi) is 4.76. The first-order valence-electron chi connectivity index (χ1n) is 6.12. The smallest absolute Gasteiger partial charge is 0.242 e. The number of ether oxygens (including phenoxy) is 1. The van der Waals surface area contributed by atoms with Crippen LogP contribution >= 0.6 is 11.8 Å². The van der Waals surface area contributed by atoms with Gasteiger partial charge >= 0.3 is 0 Å². The zero-order valence-corrected chi connectivity index (χ0v) is 13.3. The van der Waals surface area contributed by atoms with Gasteiger partial charge in [-0.05, 0) is 37.4 Å². The first-order chi connectivity index (χ1) is 9.97. The van der Waals surface area contributed by atoms with Gasteiger partial charge in [-0.25, -0.2) is 13.1 Å². The van der Waals surface area contributed by atoms with Crippen LogP contribution in [0.1, 0.15) is 0 Å². The maximum atomic E-state index is 11.8. The summed E-state index contributed by atoms with van der Waals surface area (Å²) < 4.78 is 31.1. The fraction of sp³-hybridized carbons (Fsp3) is 0.143. The molecule has 5 nitrogen and oxygen atoms in total. The van der Waals surface area contributed by atoms with Gasteiger partial charge in [-0.1, -0.05) is 23.9 Å². The first kappa shape index (κ1) is 15.7. The molecule has 0 bridgehead atoms. The highest BCUT2D eigenvalue weighted by molar-refractivity contribution is 7.99. The number of benzene rings is 2. The Morgan fingerprint density at radius 1 is 1.19 bits per heavy atom. The molecule has 0 radical (unpaired) electrons. The lowest BCUT2D eigenvalue weighted by atomic mass is 10.3. The second-order valence-corrected chi connectivity index (χ2v) is 7.13. The largest absolute Gasteiger partial charge is 0.496 e. The molecule has 112 valence electrons. The lowest BCUT2D eigenvalue weighted by molar-refractivity contribution is 0.405. The molecular formula is C14H16N2O3S2. The van der Waals surface area contributed by atoms with Crippen molar-refractivity contribution in [2.24, 2.45) is 0 Å². The average Bonchev–Trinajstić information content (AvgIpc) is 2.47. The topological polar surface area (TPSA) is 81.4 Å². The second-order valence-electron chi connectivity index (χ2n) is 4.16. The van der Waals surface area contributed by atoms with Crippen LogP contribution in [0.5, 0.6) is 5.75 Å².